The molecule has 0 radical (unpaired) electrons. The Kier molecular flexibility index (Phi) is 4.15. The van der Waals surface area contributed by atoms with Crippen LogP contribution in [0.1, 0.15) is 21.7 Å². The summed E-state index contributed by atoms with van der Waals surface area (Å²) in [5.74, 6) is -0.712. The van der Waals surface area contributed by atoms with E-state index in [2.05, 4.69) is 10.3 Å². The molecule has 140 valence electrons. The molecule has 1 N–H and O–H groups in total. The van der Waals surface area contributed by atoms with Crippen molar-refractivity contribution in [2.45, 2.75) is 13.8 Å². The quantitative estimate of drug-likeness (QED) is 0.401. The van der Waals surface area contributed by atoms with Gasteiger partial charge in [-0.1, -0.05) is 0 Å². The number of aryl methyl sites for hydroxylation is 2. The van der Waals surface area contributed by atoms with Gasteiger partial charge in [-0.2, -0.15) is 0 Å². The normalized spacial score (nSPS) is 10.9. The van der Waals surface area contributed by atoms with E-state index in [1.165, 1.54) is 6.07 Å². The molecule has 4 aromatic rings. The van der Waals surface area contributed by atoms with Crippen molar-refractivity contribution in [1.82, 2.24) is 4.98 Å². The van der Waals surface area contributed by atoms with Gasteiger partial charge in [-0.05, 0) is 67.4 Å². The van der Waals surface area contributed by atoms with Crippen LogP contribution < -0.4 is 5.32 Å². The van der Waals surface area contributed by atoms with Crippen LogP contribution in [0.4, 0.5) is 11.6 Å². The van der Waals surface area contributed by atoms with Crippen LogP contribution in [-0.4, -0.2) is 15.8 Å². The number of oxazole rings is 1. The molecule has 2 heterocycles. The van der Waals surface area contributed by atoms with Gasteiger partial charge in [0.15, 0.2) is 11.3 Å². The molecular formula is C20H15N3O5. The molecule has 0 aliphatic heterocycles. The molecule has 2 aromatic heterocycles. The summed E-state index contributed by atoms with van der Waals surface area (Å²) in [7, 11) is 0. The summed E-state index contributed by atoms with van der Waals surface area (Å²) in [6, 6.07) is 13.2. The Bertz CT molecular complexity index is 1170. The van der Waals surface area contributed by atoms with Crippen molar-refractivity contribution < 1.29 is 18.6 Å². The summed E-state index contributed by atoms with van der Waals surface area (Å²) in [5.41, 5.74) is 5.05. The number of aromatic nitrogens is 1. The molecule has 0 spiro atoms. The average Bonchev–Trinajstić information content (AvgIpc) is 3.30. The van der Waals surface area contributed by atoms with E-state index in [0.717, 1.165) is 33.9 Å². The zero-order chi connectivity index (χ0) is 19.8. The van der Waals surface area contributed by atoms with Gasteiger partial charge in [-0.15, -0.1) is 0 Å². The van der Waals surface area contributed by atoms with Gasteiger partial charge < -0.3 is 14.2 Å². The van der Waals surface area contributed by atoms with E-state index in [-0.39, 0.29) is 5.76 Å². The monoisotopic (exact) mass is 377 g/mol. The molecule has 8 nitrogen and oxygen atoms in total. The summed E-state index contributed by atoms with van der Waals surface area (Å²) in [6.07, 6.45) is 0. The Morgan fingerprint density at radius 1 is 1.04 bits per heavy atom. The number of nitrogens with zero attached hydrogens (tertiary/aromatic N) is 2. The molecule has 4 rings (SSSR count). The number of nitro groups is 1. The van der Waals surface area contributed by atoms with Gasteiger partial charge in [0.25, 0.3) is 5.91 Å². The predicted molar refractivity (Wildman–Crippen MR) is 102 cm³/mol. The largest absolute Gasteiger partial charge is 0.436 e. The first-order valence-electron chi connectivity index (χ1n) is 8.44. The van der Waals surface area contributed by atoms with Crippen LogP contribution in [0.15, 0.2) is 57.4 Å². The molecule has 0 bridgehead atoms. The van der Waals surface area contributed by atoms with Gasteiger partial charge in [0.2, 0.25) is 5.89 Å². The number of rotatable bonds is 4. The lowest BCUT2D eigenvalue weighted by Gasteiger charge is -2.03. The third-order valence-corrected chi connectivity index (χ3v) is 4.39. The fourth-order valence-electron chi connectivity index (χ4n) is 2.74. The van der Waals surface area contributed by atoms with Crippen LogP contribution >= 0.6 is 0 Å². The molecule has 28 heavy (non-hydrogen) atoms. The van der Waals surface area contributed by atoms with E-state index >= 15 is 0 Å². The Hall–Kier alpha value is -3.94. The summed E-state index contributed by atoms with van der Waals surface area (Å²) >= 11 is 0. The lowest BCUT2D eigenvalue weighted by molar-refractivity contribution is -0.402. The van der Waals surface area contributed by atoms with E-state index in [4.69, 9.17) is 8.83 Å². The fraction of sp³-hybridized carbons (Fsp3) is 0.100. The first-order chi connectivity index (χ1) is 13.4. The molecule has 0 unspecified atom stereocenters. The minimum absolute atomic E-state index is 0.138. The summed E-state index contributed by atoms with van der Waals surface area (Å²) in [4.78, 5) is 26.6. The van der Waals surface area contributed by atoms with Crippen molar-refractivity contribution >= 4 is 28.6 Å². The standard InChI is InChI=1S/C20H15N3O5/c1-11-9-15-17(10-12(11)2)28-20(22-15)13-3-5-14(6-4-13)21-19(24)16-7-8-18(27-16)23(25)26/h3-10H,1-2H3,(H,21,24). The maximum atomic E-state index is 12.1. The first kappa shape index (κ1) is 17.5. The van der Waals surface area contributed by atoms with E-state index in [1.54, 1.807) is 24.3 Å². The number of benzene rings is 2. The highest BCUT2D eigenvalue weighted by Gasteiger charge is 2.17. The average molecular weight is 377 g/mol. The van der Waals surface area contributed by atoms with Crippen LogP contribution in [0.2, 0.25) is 0 Å². The van der Waals surface area contributed by atoms with Crippen molar-refractivity contribution in [3.05, 3.63) is 75.5 Å². The number of nitrogens with one attached hydrogen (secondary N) is 1. The molecule has 0 aliphatic rings. The lowest BCUT2D eigenvalue weighted by Crippen LogP contribution is -2.10. The van der Waals surface area contributed by atoms with Crippen LogP contribution in [0.5, 0.6) is 0 Å². The number of hydrogen-bond acceptors (Lipinski definition) is 6. The van der Waals surface area contributed by atoms with Crippen molar-refractivity contribution in [3.63, 3.8) is 0 Å². The summed E-state index contributed by atoms with van der Waals surface area (Å²) in [5, 5.41) is 13.3. The zero-order valence-corrected chi connectivity index (χ0v) is 15.1. The molecule has 1 amide bonds. The van der Waals surface area contributed by atoms with Crippen LogP contribution in [0.25, 0.3) is 22.6 Å². The Labute approximate surface area is 158 Å². The second-order valence-electron chi connectivity index (χ2n) is 6.35. The first-order valence-corrected chi connectivity index (χ1v) is 8.44. The van der Waals surface area contributed by atoms with E-state index in [9.17, 15) is 14.9 Å². The number of carbonyl (C=O) groups is 1. The minimum atomic E-state index is -0.700. The molecular weight excluding hydrogens is 362 g/mol. The van der Waals surface area contributed by atoms with E-state index < -0.39 is 16.7 Å². The molecule has 0 saturated carbocycles. The number of amides is 1. The second-order valence-corrected chi connectivity index (χ2v) is 6.35. The molecule has 2 aromatic carbocycles. The lowest BCUT2D eigenvalue weighted by atomic mass is 10.1. The fourth-order valence-corrected chi connectivity index (χ4v) is 2.74. The Balaban J connectivity index is 1.53. The number of anilines is 1. The van der Waals surface area contributed by atoms with Crippen molar-refractivity contribution in [3.8, 4) is 11.5 Å². The number of carbonyl (C=O) groups excluding carboxylic acids is 1. The van der Waals surface area contributed by atoms with Gasteiger partial charge in [0, 0.05) is 11.3 Å². The topological polar surface area (TPSA) is 111 Å². The van der Waals surface area contributed by atoms with Gasteiger partial charge in [0.1, 0.15) is 10.4 Å². The maximum absolute atomic E-state index is 12.1. The number of furan rings is 1. The highest BCUT2D eigenvalue weighted by atomic mass is 16.6. The molecule has 0 atom stereocenters. The summed E-state index contributed by atoms with van der Waals surface area (Å²) in [6.45, 7) is 4.04. The predicted octanol–water partition coefficient (Wildman–Crippen LogP) is 4.87. The van der Waals surface area contributed by atoms with Gasteiger partial charge in [-0.3, -0.25) is 14.9 Å². The van der Waals surface area contributed by atoms with Gasteiger partial charge >= 0.3 is 5.88 Å². The highest BCUT2D eigenvalue weighted by molar-refractivity contribution is 6.02. The van der Waals surface area contributed by atoms with E-state index in [0.29, 0.717) is 11.6 Å². The van der Waals surface area contributed by atoms with Crippen molar-refractivity contribution in [2.75, 3.05) is 5.32 Å². The van der Waals surface area contributed by atoms with Crippen molar-refractivity contribution in [2.24, 2.45) is 0 Å². The van der Waals surface area contributed by atoms with Crippen molar-refractivity contribution in [1.29, 1.82) is 0 Å². The van der Waals surface area contributed by atoms with Crippen LogP contribution in [-0.2, 0) is 0 Å². The SMILES string of the molecule is Cc1cc2nc(-c3ccc(NC(=O)c4ccc([N+](=O)[O-])o4)cc3)oc2cc1C. The van der Waals surface area contributed by atoms with E-state index in [1.807, 2.05) is 26.0 Å². The summed E-state index contributed by atoms with van der Waals surface area (Å²) < 4.78 is 10.7. The number of hydrogen-bond donors (Lipinski definition) is 1. The Morgan fingerprint density at radius 2 is 1.75 bits per heavy atom. The molecule has 0 fully saturated rings. The third kappa shape index (κ3) is 3.23. The van der Waals surface area contributed by atoms with Gasteiger partial charge in [-0.25, -0.2) is 4.98 Å². The minimum Gasteiger partial charge on any atom is -0.436 e. The van der Waals surface area contributed by atoms with Crippen LogP contribution in [0, 0.1) is 24.0 Å². The second kappa shape index (κ2) is 6.66. The highest BCUT2D eigenvalue weighted by Crippen LogP contribution is 2.27. The van der Waals surface area contributed by atoms with Gasteiger partial charge in [0.05, 0.1) is 6.07 Å². The Morgan fingerprint density at radius 3 is 2.43 bits per heavy atom. The zero-order valence-electron chi connectivity index (χ0n) is 15.1. The molecule has 0 aliphatic carbocycles. The maximum Gasteiger partial charge on any atom is 0.433 e. The third-order valence-electron chi connectivity index (χ3n) is 4.39. The molecule has 8 heteroatoms. The number of fused-ring (bicyclic) bond motifs is 1. The smallest absolute Gasteiger partial charge is 0.433 e. The van der Waals surface area contributed by atoms with Crippen LogP contribution in [0.3, 0.4) is 0 Å². The molecule has 0 saturated heterocycles.